The zero-order chi connectivity index (χ0) is 15.6. The smallest absolute Gasteiger partial charge is 0.137 e. The van der Waals surface area contributed by atoms with Gasteiger partial charge in [-0.15, -0.1) is 0 Å². The highest BCUT2D eigenvalue weighted by Gasteiger charge is 2.28. The first-order valence-corrected chi connectivity index (χ1v) is 8.46. The van der Waals surface area contributed by atoms with E-state index in [0.29, 0.717) is 10.5 Å². The SMILES string of the molecule is CN(Cc1ccc(F)c(Br)c1)C1CCN(C(C)(C)C)CC1. The van der Waals surface area contributed by atoms with E-state index in [0.717, 1.165) is 25.2 Å². The van der Waals surface area contributed by atoms with Gasteiger partial charge in [-0.2, -0.15) is 0 Å². The molecule has 4 heteroatoms. The molecule has 1 aromatic rings. The van der Waals surface area contributed by atoms with E-state index in [2.05, 4.69) is 53.5 Å². The molecule has 0 aliphatic carbocycles. The van der Waals surface area contributed by atoms with Gasteiger partial charge in [0.05, 0.1) is 4.47 Å². The van der Waals surface area contributed by atoms with Gasteiger partial charge in [0.15, 0.2) is 0 Å². The lowest BCUT2D eigenvalue weighted by molar-refractivity contribution is 0.0632. The van der Waals surface area contributed by atoms with Gasteiger partial charge in [-0.05, 0) is 74.3 Å². The highest BCUT2D eigenvalue weighted by atomic mass is 79.9. The van der Waals surface area contributed by atoms with Crippen molar-refractivity contribution in [2.45, 2.75) is 51.7 Å². The van der Waals surface area contributed by atoms with Gasteiger partial charge in [0, 0.05) is 31.2 Å². The van der Waals surface area contributed by atoms with E-state index in [9.17, 15) is 4.39 Å². The number of hydrogen-bond donors (Lipinski definition) is 0. The summed E-state index contributed by atoms with van der Waals surface area (Å²) in [5, 5.41) is 0. The minimum Gasteiger partial charge on any atom is -0.299 e. The quantitative estimate of drug-likeness (QED) is 0.797. The monoisotopic (exact) mass is 356 g/mol. The number of nitrogens with zero attached hydrogens (tertiary/aromatic N) is 2. The summed E-state index contributed by atoms with van der Waals surface area (Å²) in [6.07, 6.45) is 2.41. The van der Waals surface area contributed by atoms with E-state index in [-0.39, 0.29) is 11.4 Å². The lowest BCUT2D eigenvalue weighted by Gasteiger charge is -2.43. The molecular weight excluding hydrogens is 331 g/mol. The van der Waals surface area contributed by atoms with Crippen molar-refractivity contribution in [3.8, 4) is 0 Å². The van der Waals surface area contributed by atoms with Crippen LogP contribution in [0.25, 0.3) is 0 Å². The standard InChI is InChI=1S/C17H26BrFN2/c1-17(2,3)21-9-7-14(8-10-21)20(4)12-13-5-6-16(19)15(18)11-13/h5-6,11,14H,7-10,12H2,1-4H3. The normalized spacial score (nSPS) is 18.4. The molecule has 0 amide bonds. The Morgan fingerprint density at radius 1 is 1.29 bits per heavy atom. The van der Waals surface area contributed by atoms with Crippen LogP contribution in [0.5, 0.6) is 0 Å². The fourth-order valence-electron chi connectivity index (χ4n) is 3.03. The molecule has 0 bridgehead atoms. The molecule has 2 nitrogen and oxygen atoms in total. The van der Waals surface area contributed by atoms with E-state index in [1.807, 2.05) is 12.1 Å². The molecule has 0 aromatic heterocycles. The number of piperidine rings is 1. The van der Waals surface area contributed by atoms with Crippen LogP contribution in [0, 0.1) is 5.82 Å². The van der Waals surface area contributed by atoms with Gasteiger partial charge in [-0.3, -0.25) is 9.80 Å². The number of likely N-dealkylation sites (tertiary alicyclic amines) is 1. The molecule has 0 N–H and O–H groups in total. The maximum Gasteiger partial charge on any atom is 0.137 e. The fourth-order valence-corrected chi connectivity index (χ4v) is 3.46. The van der Waals surface area contributed by atoms with Crippen molar-refractivity contribution in [1.29, 1.82) is 0 Å². The third kappa shape index (κ3) is 4.51. The molecule has 21 heavy (non-hydrogen) atoms. The van der Waals surface area contributed by atoms with Crippen LogP contribution >= 0.6 is 15.9 Å². The van der Waals surface area contributed by atoms with Crippen LogP contribution in [0.2, 0.25) is 0 Å². The minimum absolute atomic E-state index is 0.195. The Bertz CT molecular complexity index is 476. The molecule has 1 heterocycles. The maximum atomic E-state index is 13.3. The Balaban J connectivity index is 1.90. The first-order valence-electron chi connectivity index (χ1n) is 7.66. The molecule has 0 saturated carbocycles. The van der Waals surface area contributed by atoms with Crippen LogP contribution in [-0.2, 0) is 6.54 Å². The van der Waals surface area contributed by atoms with Gasteiger partial charge >= 0.3 is 0 Å². The number of halogens is 2. The van der Waals surface area contributed by atoms with Gasteiger partial charge in [0.2, 0.25) is 0 Å². The van der Waals surface area contributed by atoms with Crippen LogP contribution in [0.15, 0.2) is 22.7 Å². The van der Waals surface area contributed by atoms with Gasteiger partial charge in [-0.25, -0.2) is 4.39 Å². The first-order chi connectivity index (χ1) is 9.77. The third-order valence-corrected chi connectivity index (χ3v) is 5.06. The average molecular weight is 357 g/mol. The summed E-state index contributed by atoms with van der Waals surface area (Å²) in [6, 6.07) is 5.92. The molecule has 0 radical (unpaired) electrons. The predicted octanol–water partition coefficient (Wildman–Crippen LogP) is 4.28. The summed E-state index contributed by atoms with van der Waals surface area (Å²) in [5.41, 5.74) is 1.43. The largest absolute Gasteiger partial charge is 0.299 e. The van der Waals surface area contributed by atoms with Crippen LogP contribution in [0.1, 0.15) is 39.2 Å². The predicted molar refractivity (Wildman–Crippen MR) is 89.9 cm³/mol. The summed E-state index contributed by atoms with van der Waals surface area (Å²) in [6.45, 7) is 10.0. The zero-order valence-corrected chi connectivity index (χ0v) is 15.1. The summed E-state index contributed by atoms with van der Waals surface area (Å²) >= 11 is 3.26. The highest BCUT2D eigenvalue weighted by Crippen LogP contribution is 2.24. The number of hydrogen-bond acceptors (Lipinski definition) is 2. The molecule has 2 rings (SSSR count). The Labute approximate surface area is 136 Å². The molecular formula is C17H26BrFN2. The summed E-state index contributed by atoms with van der Waals surface area (Å²) in [5.74, 6) is -0.195. The molecule has 1 aliphatic rings. The lowest BCUT2D eigenvalue weighted by atomic mass is 9.97. The summed E-state index contributed by atoms with van der Waals surface area (Å²) in [7, 11) is 2.18. The second-order valence-corrected chi connectivity index (χ2v) is 7.91. The van der Waals surface area contributed by atoms with Crippen molar-refractivity contribution in [2.24, 2.45) is 0 Å². The Morgan fingerprint density at radius 3 is 2.43 bits per heavy atom. The molecule has 0 spiro atoms. The van der Waals surface area contributed by atoms with Gasteiger partial charge < -0.3 is 0 Å². The zero-order valence-electron chi connectivity index (χ0n) is 13.5. The van der Waals surface area contributed by atoms with Crippen molar-refractivity contribution in [3.05, 3.63) is 34.1 Å². The summed E-state index contributed by atoms with van der Waals surface area (Å²) in [4.78, 5) is 4.96. The maximum absolute atomic E-state index is 13.3. The Morgan fingerprint density at radius 2 is 1.90 bits per heavy atom. The Hall–Kier alpha value is -0.450. The first kappa shape index (κ1) is 16.9. The second-order valence-electron chi connectivity index (χ2n) is 7.05. The fraction of sp³-hybridized carbons (Fsp3) is 0.647. The van der Waals surface area contributed by atoms with E-state index >= 15 is 0 Å². The van der Waals surface area contributed by atoms with Crippen molar-refractivity contribution in [2.75, 3.05) is 20.1 Å². The molecule has 1 saturated heterocycles. The van der Waals surface area contributed by atoms with Crippen LogP contribution in [-0.4, -0.2) is 41.5 Å². The van der Waals surface area contributed by atoms with Gasteiger partial charge in [0.25, 0.3) is 0 Å². The van der Waals surface area contributed by atoms with Crippen molar-refractivity contribution >= 4 is 15.9 Å². The molecule has 0 atom stereocenters. The molecule has 118 valence electrons. The van der Waals surface area contributed by atoms with E-state index in [4.69, 9.17) is 0 Å². The molecule has 1 aromatic carbocycles. The average Bonchev–Trinajstić information content (AvgIpc) is 2.42. The lowest BCUT2D eigenvalue weighted by Crippen LogP contribution is -2.50. The number of rotatable bonds is 3. The van der Waals surface area contributed by atoms with Crippen LogP contribution < -0.4 is 0 Å². The topological polar surface area (TPSA) is 6.48 Å². The van der Waals surface area contributed by atoms with Crippen molar-refractivity contribution in [1.82, 2.24) is 9.80 Å². The number of benzene rings is 1. The van der Waals surface area contributed by atoms with Crippen LogP contribution in [0.3, 0.4) is 0 Å². The van der Waals surface area contributed by atoms with Crippen molar-refractivity contribution in [3.63, 3.8) is 0 Å². The Kier molecular flexibility index (Phi) is 5.44. The highest BCUT2D eigenvalue weighted by molar-refractivity contribution is 9.10. The van der Waals surface area contributed by atoms with Crippen LogP contribution in [0.4, 0.5) is 4.39 Å². The molecule has 1 aliphatic heterocycles. The summed E-state index contributed by atoms with van der Waals surface area (Å²) < 4.78 is 13.8. The van der Waals surface area contributed by atoms with E-state index in [1.54, 1.807) is 0 Å². The molecule has 1 fully saturated rings. The van der Waals surface area contributed by atoms with Crippen molar-refractivity contribution < 1.29 is 4.39 Å². The van der Waals surface area contributed by atoms with E-state index < -0.39 is 0 Å². The van der Waals surface area contributed by atoms with E-state index in [1.165, 1.54) is 18.9 Å². The minimum atomic E-state index is -0.195. The second kappa shape index (κ2) is 6.76. The van der Waals surface area contributed by atoms with Gasteiger partial charge in [0.1, 0.15) is 5.82 Å². The third-order valence-electron chi connectivity index (χ3n) is 4.45. The van der Waals surface area contributed by atoms with Gasteiger partial charge in [-0.1, -0.05) is 6.07 Å². The molecule has 0 unspecified atom stereocenters.